The predicted octanol–water partition coefficient (Wildman–Crippen LogP) is 2.51. The Bertz CT molecular complexity index is 601. The van der Waals surface area contributed by atoms with Crippen LogP contribution in [0.1, 0.15) is 50.1 Å². The molecule has 5 heteroatoms. The van der Waals surface area contributed by atoms with Gasteiger partial charge in [-0.3, -0.25) is 10.8 Å². The van der Waals surface area contributed by atoms with Crippen molar-refractivity contribution in [3.8, 4) is 0 Å². The third kappa shape index (κ3) is 2.59. The second-order valence-corrected chi connectivity index (χ2v) is 5.34. The lowest BCUT2D eigenvalue weighted by Crippen LogP contribution is -2.29. The van der Waals surface area contributed by atoms with E-state index in [9.17, 15) is 0 Å². The van der Waals surface area contributed by atoms with Gasteiger partial charge in [0.1, 0.15) is 0 Å². The number of aromatic nitrogens is 3. The van der Waals surface area contributed by atoms with Gasteiger partial charge in [-0.25, -0.2) is 9.94 Å². The third-order valence-electron chi connectivity index (χ3n) is 4.03. The summed E-state index contributed by atoms with van der Waals surface area (Å²) >= 11 is 0. The summed E-state index contributed by atoms with van der Waals surface area (Å²) in [4.78, 5) is 4.19. The minimum absolute atomic E-state index is 0.0369. The molecular weight excluding hydrogens is 250 g/mol. The number of hydrazine groups is 1. The Morgan fingerprint density at radius 2 is 2.10 bits per heavy atom. The molecule has 3 N–H and O–H groups in total. The van der Waals surface area contributed by atoms with Crippen molar-refractivity contribution >= 4 is 5.52 Å². The molecule has 106 valence electrons. The maximum Gasteiger partial charge on any atom is 0.0896 e. The first-order valence-corrected chi connectivity index (χ1v) is 7.32. The van der Waals surface area contributed by atoms with Crippen LogP contribution in [0.2, 0.25) is 0 Å². The van der Waals surface area contributed by atoms with Gasteiger partial charge >= 0.3 is 0 Å². The molecule has 0 radical (unpaired) electrons. The Hall–Kier alpha value is -1.72. The molecular formula is C15H21N5. The summed E-state index contributed by atoms with van der Waals surface area (Å²) in [5.74, 6) is 5.83. The van der Waals surface area contributed by atoms with E-state index in [1.807, 2.05) is 23.1 Å². The number of rotatable bonds is 3. The quantitative estimate of drug-likeness (QED) is 0.511. The first kappa shape index (κ1) is 13.3. The van der Waals surface area contributed by atoms with E-state index in [1.165, 1.54) is 31.3 Å². The molecule has 0 amide bonds. The van der Waals surface area contributed by atoms with Gasteiger partial charge in [0.05, 0.1) is 24.0 Å². The van der Waals surface area contributed by atoms with Crippen molar-refractivity contribution in [2.45, 2.75) is 44.6 Å². The molecule has 3 rings (SSSR count). The van der Waals surface area contributed by atoms with Crippen LogP contribution in [0.3, 0.4) is 0 Å². The zero-order chi connectivity index (χ0) is 13.8. The Morgan fingerprint density at radius 1 is 1.20 bits per heavy atom. The Morgan fingerprint density at radius 3 is 3.00 bits per heavy atom. The molecule has 0 bridgehead atoms. The topological polar surface area (TPSA) is 68.2 Å². The lowest BCUT2D eigenvalue weighted by Gasteiger charge is -2.21. The highest BCUT2D eigenvalue weighted by atomic mass is 15.3. The molecule has 0 saturated heterocycles. The van der Waals surface area contributed by atoms with Crippen LogP contribution in [-0.4, -0.2) is 14.6 Å². The number of hydrogen-bond acceptors (Lipinski definition) is 4. The summed E-state index contributed by atoms with van der Waals surface area (Å²) in [6.07, 6.45) is 17.1. The molecule has 2 aromatic rings. The van der Waals surface area contributed by atoms with E-state index in [1.54, 1.807) is 6.20 Å². The van der Waals surface area contributed by atoms with Crippen LogP contribution in [0.5, 0.6) is 0 Å². The molecule has 0 aromatic carbocycles. The Kier molecular flexibility index (Phi) is 4.08. The fourth-order valence-electron chi connectivity index (χ4n) is 2.95. The second-order valence-electron chi connectivity index (χ2n) is 5.34. The summed E-state index contributed by atoms with van der Waals surface area (Å²) in [6.45, 7) is 0. The van der Waals surface area contributed by atoms with Crippen LogP contribution in [0.25, 0.3) is 5.52 Å². The molecule has 2 aromatic heterocycles. The number of fused-ring (bicyclic) bond motifs is 1. The van der Waals surface area contributed by atoms with Gasteiger partial charge < -0.3 is 0 Å². The van der Waals surface area contributed by atoms with Crippen LogP contribution < -0.4 is 11.3 Å². The highest BCUT2D eigenvalue weighted by molar-refractivity contribution is 5.55. The van der Waals surface area contributed by atoms with E-state index in [0.29, 0.717) is 0 Å². The first-order chi connectivity index (χ1) is 9.90. The summed E-state index contributed by atoms with van der Waals surface area (Å²) in [6, 6.07) is 0.0369. The minimum atomic E-state index is 0.0369. The molecule has 5 nitrogen and oxygen atoms in total. The second kappa shape index (κ2) is 6.15. The van der Waals surface area contributed by atoms with E-state index in [4.69, 9.17) is 5.84 Å². The van der Waals surface area contributed by atoms with Crippen LogP contribution >= 0.6 is 0 Å². The fraction of sp³-hybridized carbons (Fsp3) is 0.467. The van der Waals surface area contributed by atoms with Crippen LogP contribution in [-0.2, 0) is 0 Å². The predicted molar refractivity (Wildman–Crippen MR) is 78.8 cm³/mol. The van der Waals surface area contributed by atoms with Gasteiger partial charge in [-0.05, 0) is 25.7 Å². The van der Waals surface area contributed by atoms with E-state index in [2.05, 4.69) is 21.6 Å². The van der Waals surface area contributed by atoms with E-state index >= 15 is 0 Å². The van der Waals surface area contributed by atoms with Crippen molar-refractivity contribution in [1.29, 1.82) is 0 Å². The maximum atomic E-state index is 5.83. The van der Waals surface area contributed by atoms with Gasteiger partial charge in [-0.15, -0.1) is 0 Å². The number of hydrogen-bond donors (Lipinski definition) is 2. The van der Waals surface area contributed by atoms with Crippen molar-refractivity contribution in [2.75, 3.05) is 0 Å². The fourth-order valence-corrected chi connectivity index (χ4v) is 2.95. The monoisotopic (exact) mass is 271 g/mol. The number of nitrogens with two attached hydrogens (primary N) is 1. The van der Waals surface area contributed by atoms with Gasteiger partial charge in [0.15, 0.2) is 0 Å². The molecule has 2 heterocycles. The first-order valence-electron chi connectivity index (χ1n) is 7.32. The molecule has 20 heavy (non-hydrogen) atoms. The summed E-state index contributed by atoms with van der Waals surface area (Å²) in [7, 11) is 0. The number of nitrogens with zero attached hydrogens (tertiary/aromatic N) is 3. The summed E-state index contributed by atoms with van der Waals surface area (Å²) in [5, 5.41) is 4.38. The molecule has 1 unspecified atom stereocenters. The molecule has 0 saturated carbocycles. The summed E-state index contributed by atoms with van der Waals surface area (Å²) < 4.78 is 1.84. The third-order valence-corrected chi connectivity index (χ3v) is 4.03. The maximum absolute atomic E-state index is 5.83. The average molecular weight is 271 g/mol. The smallest absolute Gasteiger partial charge is 0.0896 e. The van der Waals surface area contributed by atoms with E-state index in [0.717, 1.165) is 23.9 Å². The van der Waals surface area contributed by atoms with Crippen LogP contribution in [0, 0.1) is 0 Å². The zero-order valence-corrected chi connectivity index (χ0v) is 11.6. The van der Waals surface area contributed by atoms with Crippen molar-refractivity contribution in [1.82, 2.24) is 20.0 Å². The molecule has 1 aliphatic rings. The van der Waals surface area contributed by atoms with Gasteiger partial charge in [-0.2, -0.15) is 5.10 Å². The standard InChI is InChI=1S/C15H21N5/c16-19-15(12-6-4-2-1-3-5-7-12)13-10-18-20-9-8-17-11-14(13)20/h6,8-11,15,19H,1-5,7,16H2/b12-6+. The molecule has 0 aliphatic heterocycles. The van der Waals surface area contributed by atoms with Crippen LogP contribution in [0.15, 0.2) is 36.4 Å². The normalized spacial score (nSPS) is 20.9. The van der Waals surface area contributed by atoms with Crippen molar-refractivity contribution in [2.24, 2.45) is 5.84 Å². The van der Waals surface area contributed by atoms with Gasteiger partial charge in [0, 0.05) is 18.0 Å². The lowest BCUT2D eigenvalue weighted by atomic mass is 9.92. The Balaban J connectivity index is 1.96. The lowest BCUT2D eigenvalue weighted by molar-refractivity contribution is 0.557. The van der Waals surface area contributed by atoms with Crippen molar-refractivity contribution in [3.63, 3.8) is 0 Å². The molecule has 1 atom stereocenters. The molecule has 0 spiro atoms. The average Bonchev–Trinajstić information content (AvgIpc) is 2.86. The zero-order valence-electron chi connectivity index (χ0n) is 11.6. The number of allylic oxidation sites excluding steroid dienone is 1. The van der Waals surface area contributed by atoms with Crippen molar-refractivity contribution in [3.05, 3.63) is 42.0 Å². The van der Waals surface area contributed by atoms with Gasteiger partial charge in [0.25, 0.3) is 0 Å². The SMILES string of the molecule is NNC(/C1=C/CCCCCC1)c1cnn2ccncc12. The van der Waals surface area contributed by atoms with E-state index < -0.39 is 0 Å². The largest absolute Gasteiger partial charge is 0.271 e. The molecule has 0 fully saturated rings. The van der Waals surface area contributed by atoms with Crippen molar-refractivity contribution < 1.29 is 0 Å². The summed E-state index contributed by atoms with van der Waals surface area (Å²) in [5.41, 5.74) is 6.46. The van der Waals surface area contributed by atoms with Gasteiger partial charge in [0.2, 0.25) is 0 Å². The highest BCUT2D eigenvalue weighted by Crippen LogP contribution is 2.30. The Labute approximate surface area is 118 Å². The molecule has 1 aliphatic carbocycles. The van der Waals surface area contributed by atoms with Gasteiger partial charge in [-0.1, -0.05) is 24.5 Å². The van der Waals surface area contributed by atoms with E-state index in [-0.39, 0.29) is 6.04 Å². The minimum Gasteiger partial charge on any atom is -0.271 e. The highest BCUT2D eigenvalue weighted by Gasteiger charge is 2.19. The van der Waals surface area contributed by atoms with Crippen LogP contribution in [0.4, 0.5) is 0 Å². The number of nitrogens with one attached hydrogen (secondary N) is 1.